The standard InChI is InChI=1S/C21H36O4/c1-5-7-14-24-20(22)18(16(3)4)19(17-12-10-9-11-13-17)21(23)25-15-8-6-2/h16-17H,5-15H2,1-4H3/b19-18-. The summed E-state index contributed by atoms with van der Waals surface area (Å²) in [4.78, 5) is 25.5. The summed E-state index contributed by atoms with van der Waals surface area (Å²) >= 11 is 0. The molecule has 4 heteroatoms. The first-order chi connectivity index (χ1) is 12.0. The van der Waals surface area contributed by atoms with Crippen molar-refractivity contribution in [1.82, 2.24) is 0 Å². The Bertz CT molecular complexity index is 445. The Hall–Kier alpha value is -1.32. The molecule has 1 saturated carbocycles. The van der Waals surface area contributed by atoms with E-state index in [2.05, 4.69) is 13.8 Å². The highest BCUT2D eigenvalue weighted by atomic mass is 16.5. The maximum absolute atomic E-state index is 12.8. The topological polar surface area (TPSA) is 52.6 Å². The molecule has 0 bridgehead atoms. The van der Waals surface area contributed by atoms with Crippen molar-refractivity contribution in [2.45, 2.75) is 85.5 Å². The molecule has 0 saturated heterocycles. The zero-order valence-electron chi connectivity index (χ0n) is 16.6. The van der Waals surface area contributed by atoms with Gasteiger partial charge in [0.15, 0.2) is 0 Å². The fraction of sp³-hybridized carbons (Fsp3) is 0.810. The predicted octanol–water partition coefficient (Wildman–Crippen LogP) is 5.21. The molecule has 0 aliphatic heterocycles. The lowest BCUT2D eigenvalue weighted by Crippen LogP contribution is -2.26. The van der Waals surface area contributed by atoms with Crippen LogP contribution in [0.5, 0.6) is 0 Å². The smallest absolute Gasteiger partial charge is 0.334 e. The quantitative estimate of drug-likeness (QED) is 0.308. The number of hydrogen-bond donors (Lipinski definition) is 0. The summed E-state index contributed by atoms with van der Waals surface area (Å²) in [5.74, 6) is -0.572. The molecule has 0 aromatic carbocycles. The minimum atomic E-state index is -0.337. The predicted molar refractivity (Wildman–Crippen MR) is 100 cm³/mol. The minimum absolute atomic E-state index is 0.0511. The second-order valence-electron chi connectivity index (χ2n) is 7.30. The Morgan fingerprint density at radius 3 is 1.88 bits per heavy atom. The summed E-state index contributed by atoms with van der Waals surface area (Å²) in [6.45, 7) is 8.87. The van der Waals surface area contributed by atoms with E-state index in [1.165, 1.54) is 6.42 Å². The average molecular weight is 353 g/mol. The number of esters is 2. The van der Waals surface area contributed by atoms with Crippen LogP contribution in [0, 0.1) is 11.8 Å². The van der Waals surface area contributed by atoms with E-state index in [0.717, 1.165) is 51.4 Å². The van der Waals surface area contributed by atoms with Crippen LogP contribution in [0.15, 0.2) is 11.1 Å². The molecular formula is C21H36O4. The van der Waals surface area contributed by atoms with Crippen molar-refractivity contribution in [3.63, 3.8) is 0 Å². The second-order valence-corrected chi connectivity index (χ2v) is 7.30. The number of rotatable bonds is 10. The first-order valence-electron chi connectivity index (χ1n) is 10.1. The summed E-state index contributed by atoms with van der Waals surface area (Å²) in [6.07, 6.45) is 8.96. The van der Waals surface area contributed by atoms with E-state index in [9.17, 15) is 9.59 Å². The number of carbonyl (C=O) groups is 2. The Morgan fingerprint density at radius 2 is 1.40 bits per heavy atom. The van der Waals surface area contributed by atoms with Gasteiger partial charge in [0.2, 0.25) is 0 Å². The molecule has 0 aromatic rings. The molecule has 1 rings (SSSR count). The van der Waals surface area contributed by atoms with Gasteiger partial charge in [0.1, 0.15) is 0 Å². The summed E-state index contributed by atoms with van der Waals surface area (Å²) < 4.78 is 10.9. The fourth-order valence-corrected chi connectivity index (χ4v) is 3.32. The van der Waals surface area contributed by atoms with Gasteiger partial charge >= 0.3 is 11.9 Å². The van der Waals surface area contributed by atoms with Crippen LogP contribution in [0.3, 0.4) is 0 Å². The number of ether oxygens (including phenoxy) is 2. The zero-order chi connectivity index (χ0) is 18.7. The van der Waals surface area contributed by atoms with E-state index in [-0.39, 0.29) is 23.8 Å². The minimum Gasteiger partial charge on any atom is -0.462 e. The summed E-state index contributed by atoms with van der Waals surface area (Å²) in [6, 6.07) is 0. The lowest BCUT2D eigenvalue weighted by molar-refractivity contribution is -0.143. The van der Waals surface area contributed by atoms with Gasteiger partial charge in [0, 0.05) is 0 Å². The third kappa shape index (κ3) is 7.21. The molecular weight excluding hydrogens is 316 g/mol. The molecule has 0 spiro atoms. The Balaban J connectivity index is 3.08. The van der Waals surface area contributed by atoms with E-state index in [1.54, 1.807) is 0 Å². The fourth-order valence-electron chi connectivity index (χ4n) is 3.32. The van der Waals surface area contributed by atoms with Gasteiger partial charge in [-0.15, -0.1) is 0 Å². The average Bonchev–Trinajstić information content (AvgIpc) is 2.60. The third-order valence-electron chi connectivity index (χ3n) is 4.78. The summed E-state index contributed by atoms with van der Waals surface area (Å²) in [5.41, 5.74) is 1.12. The molecule has 1 aliphatic rings. The maximum Gasteiger partial charge on any atom is 0.334 e. The van der Waals surface area contributed by atoms with Gasteiger partial charge < -0.3 is 9.47 Å². The lowest BCUT2D eigenvalue weighted by Gasteiger charge is -2.26. The monoisotopic (exact) mass is 352 g/mol. The number of carbonyl (C=O) groups excluding carboxylic acids is 2. The van der Waals surface area contributed by atoms with Crippen molar-refractivity contribution in [1.29, 1.82) is 0 Å². The Morgan fingerprint density at radius 1 is 0.880 bits per heavy atom. The second kappa shape index (κ2) is 12.1. The molecule has 0 amide bonds. The van der Waals surface area contributed by atoms with E-state index >= 15 is 0 Å². The Kier molecular flexibility index (Phi) is 10.5. The normalized spacial score (nSPS) is 16.5. The highest BCUT2D eigenvalue weighted by molar-refractivity contribution is 6.01. The zero-order valence-corrected chi connectivity index (χ0v) is 16.6. The van der Waals surface area contributed by atoms with E-state index in [4.69, 9.17) is 9.47 Å². The number of unbranched alkanes of at least 4 members (excludes halogenated alkanes) is 2. The van der Waals surface area contributed by atoms with Crippen molar-refractivity contribution < 1.29 is 19.1 Å². The molecule has 0 unspecified atom stereocenters. The molecule has 0 radical (unpaired) electrons. The van der Waals surface area contributed by atoms with Gasteiger partial charge in [-0.3, -0.25) is 0 Å². The molecule has 0 atom stereocenters. The third-order valence-corrected chi connectivity index (χ3v) is 4.78. The van der Waals surface area contributed by atoms with Crippen LogP contribution in [0.25, 0.3) is 0 Å². The molecule has 0 N–H and O–H groups in total. The van der Waals surface area contributed by atoms with Gasteiger partial charge in [-0.05, 0) is 37.5 Å². The van der Waals surface area contributed by atoms with Crippen LogP contribution in [-0.4, -0.2) is 25.2 Å². The van der Waals surface area contributed by atoms with Crippen LogP contribution in [0.1, 0.15) is 85.5 Å². The van der Waals surface area contributed by atoms with E-state index < -0.39 is 0 Å². The molecule has 0 heterocycles. The number of hydrogen-bond acceptors (Lipinski definition) is 4. The van der Waals surface area contributed by atoms with Gasteiger partial charge in [-0.1, -0.05) is 59.8 Å². The first-order valence-corrected chi connectivity index (χ1v) is 10.1. The summed E-state index contributed by atoms with van der Waals surface area (Å²) in [7, 11) is 0. The highest BCUT2D eigenvalue weighted by Crippen LogP contribution is 2.34. The van der Waals surface area contributed by atoms with Crippen LogP contribution in [0.2, 0.25) is 0 Å². The van der Waals surface area contributed by atoms with Crippen molar-refractivity contribution in [2.24, 2.45) is 11.8 Å². The van der Waals surface area contributed by atoms with Crippen molar-refractivity contribution in [3.8, 4) is 0 Å². The van der Waals surface area contributed by atoms with Crippen molar-refractivity contribution in [2.75, 3.05) is 13.2 Å². The summed E-state index contributed by atoms with van der Waals surface area (Å²) in [5, 5.41) is 0. The van der Waals surface area contributed by atoms with E-state index in [0.29, 0.717) is 24.4 Å². The van der Waals surface area contributed by atoms with E-state index in [1.807, 2.05) is 13.8 Å². The molecule has 1 fully saturated rings. The molecule has 25 heavy (non-hydrogen) atoms. The van der Waals surface area contributed by atoms with Crippen LogP contribution in [0.4, 0.5) is 0 Å². The molecule has 144 valence electrons. The van der Waals surface area contributed by atoms with Gasteiger partial charge in [-0.2, -0.15) is 0 Å². The maximum atomic E-state index is 12.8. The van der Waals surface area contributed by atoms with Crippen molar-refractivity contribution >= 4 is 11.9 Å². The largest absolute Gasteiger partial charge is 0.462 e. The van der Waals surface area contributed by atoms with Crippen LogP contribution < -0.4 is 0 Å². The Labute approximate surface area is 153 Å². The van der Waals surface area contributed by atoms with Crippen LogP contribution >= 0.6 is 0 Å². The van der Waals surface area contributed by atoms with Gasteiger partial charge in [0.25, 0.3) is 0 Å². The van der Waals surface area contributed by atoms with Gasteiger partial charge in [-0.25, -0.2) is 9.59 Å². The van der Waals surface area contributed by atoms with Crippen molar-refractivity contribution in [3.05, 3.63) is 11.1 Å². The molecule has 0 aromatic heterocycles. The van der Waals surface area contributed by atoms with Gasteiger partial charge in [0.05, 0.1) is 24.4 Å². The highest BCUT2D eigenvalue weighted by Gasteiger charge is 2.32. The lowest BCUT2D eigenvalue weighted by atomic mass is 9.79. The first kappa shape index (κ1) is 21.7. The molecule has 4 nitrogen and oxygen atoms in total. The van der Waals surface area contributed by atoms with Crippen LogP contribution in [-0.2, 0) is 19.1 Å². The molecule has 1 aliphatic carbocycles. The SMILES string of the molecule is CCCCOC(=O)/C(=C(\C(=O)OCCCC)C1CCCCC1)C(C)C.